The Balaban J connectivity index is 2.26. The normalized spacial score (nSPS) is 11.9. The molecule has 2 aromatic rings. The number of hydrogen-bond acceptors (Lipinski definition) is 4. The van der Waals surface area contributed by atoms with E-state index in [1.807, 2.05) is 42.5 Å². The lowest BCUT2D eigenvalue weighted by Crippen LogP contribution is -2.22. The monoisotopic (exact) mass is 286 g/mol. The summed E-state index contributed by atoms with van der Waals surface area (Å²) in [6.45, 7) is 0.709. The van der Waals surface area contributed by atoms with Gasteiger partial charge in [0.15, 0.2) is 0 Å². The Morgan fingerprint density at radius 3 is 2.43 bits per heavy atom. The highest BCUT2D eigenvalue weighted by Gasteiger charge is 2.14. The van der Waals surface area contributed by atoms with Crippen LogP contribution in [0.2, 0.25) is 0 Å². The summed E-state index contributed by atoms with van der Waals surface area (Å²) in [5, 5.41) is 2.21. The molecule has 0 heterocycles. The van der Waals surface area contributed by atoms with Crippen LogP contribution in [0.4, 0.5) is 0 Å². The van der Waals surface area contributed by atoms with E-state index < -0.39 is 12.4 Å². The predicted octanol–water partition coefficient (Wildman–Crippen LogP) is 3.36. The van der Waals surface area contributed by atoms with Crippen molar-refractivity contribution in [1.82, 2.24) is 0 Å². The molecule has 0 saturated heterocycles. The van der Waals surface area contributed by atoms with Gasteiger partial charge in [0, 0.05) is 19.8 Å². The fraction of sp³-hybridized carbons (Fsp3) is 0.235. The minimum absolute atomic E-state index is 0.475. The van der Waals surface area contributed by atoms with Crippen LogP contribution >= 0.6 is 0 Å². The van der Waals surface area contributed by atoms with Crippen molar-refractivity contribution in [2.75, 3.05) is 14.2 Å². The largest absolute Gasteiger partial charge is 0.407 e. The van der Waals surface area contributed by atoms with Crippen LogP contribution in [0, 0.1) is 0 Å². The average molecular weight is 286 g/mol. The summed E-state index contributed by atoms with van der Waals surface area (Å²) in [5.41, 5.74) is 1.44. The van der Waals surface area contributed by atoms with Gasteiger partial charge in [0.05, 0.1) is 0 Å². The zero-order valence-corrected chi connectivity index (χ0v) is 12.3. The summed E-state index contributed by atoms with van der Waals surface area (Å²) in [7, 11) is 2.82. The topological polar surface area (TPSA) is 44.8 Å². The molecular formula is C17H18O4. The second-order valence-electron chi connectivity index (χ2n) is 4.56. The summed E-state index contributed by atoms with van der Waals surface area (Å²) >= 11 is 0. The number of benzene rings is 2. The van der Waals surface area contributed by atoms with Crippen molar-refractivity contribution in [3.63, 3.8) is 0 Å². The van der Waals surface area contributed by atoms with E-state index in [-0.39, 0.29) is 0 Å². The SMILES string of the molecule is COC(OC)OC(=O)C(C)=Cc1cccc2ccccc12. The molecule has 0 saturated carbocycles. The third-order valence-corrected chi connectivity index (χ3v) is 3.11. The zero-order chi connectivity index (χ0) is 15.2. The maximum Gasteiger partial charge on any atom is 0.337 e. The fourth-order valence-corrected chi connectivity index (χ4v) is 2.04. The molecule has 2 aromatic carbocycles. The Morgan fingerprint density at radius 2 is 1.71 bits per heavy atom. The Morgan fingerprint density at radius 1 is 1.05 bits per heavy atom. The van der Waals surface area contributed by atoms with Gasteiger partial charge in [-0.25, -0.2) is 4.79 Å². The molecule has 0 aliphatic carbocycles. The molecule has 0 aliphatic rings. The van der Waals surface area contributed by atoms with Gasteiger partial charge in [-0.2, -0.15) is 0 Å². The fourth-order valence-electron chi connectivity index (χ4n) is 2.04. The molecule has 0 amide bonds. The van der Waals surface area contributed by atoms with E-state index in [4.69, 9.17) is 14.2 Å². The van der Waals surface area contributed by atoms with Gasteiger partial charge in [0.25, 0.3) is 0 Å². The molecule has 0 atom stereocenters. The van der Waals surface area contributed by atoms with Crippen molar-refractivity contribution in [3.8, 4) is 0 Å². The molecule has 0 radical (unpaired) electrons. The van der Waals surface area contributed by atoms with Crippen LogP contribution in [-0.4, -0.2) is 26.7 Å². The quantitative estimate of drug-likeness (QED) is 0.480. The molecule has 21 heavy (non-hydrogen) atoms. The first-order valence-corrected chi connectivity index (χ1v) is 6.58. The third-order valence-electron chi connectivity index (χ3n) is 3.11. The van der Waals surface area contributed by atoms with E-state index in [0.29, 0.717) is 5.57 Å². The smallest absolute Gasteiger partial charge is 0.337 e. The van der Waals surface area contributed by atoms with E-state index in [9.17, 15) is 4.79 Å². The molecule has 0 unspecified atom stereocenters. The molecule has 0 bridgehead atoms. The Hall–Kier alpha value is -2.17. The van der Waals surface area contributed by atoms with Crippen molar-refractivity contribution >= 4 is 22.8 Å². The van der Waals surface area contributed by atoms with Gasteiger partial charge in [-0.05, 0) is 29.3 Å². The van der Waals surface area contributed by atoms with Crippen LogP contribution in [0.25, 0.3) is 16.8 Å². The first-order chi connectivity index (χ1) is 10.2. The molecule has 4 nitrogen and oxygen atoms in total. The van der Waals surface area contributed by atoms with Crippen LogP contribution in [0.3, 0.4) is 0 Å². The van der Waals surface area contributed by atoms with Gasteiger partial charge in [-0.15, -0.1) is 0 Å². The highest BCUT2D eigenvalue weighted by molar-refractivity contribution is 5.97. The lowest BCUT2D eigenvalue weighted by molar-refractivity contribution is -0.252. The minimum Gasteiger partial charge on any atom is -0.407 e. The molecule has 4 heteroatoms. The number of fused-ring (bicyclic) bond motifs is 1. The summed E-state index contributed by atoms with van der Waals surface area (Å²) < 4.78 is 14.7. The number of methoxy groups -OCH3 is 2. The van der Waals surface area contributed by atoms with Crippen molar-refractivity contribution in [2.45, 2.75) is 13.4 Å². The maximum absolute atomic E-state index is 12.0. The van der Waals surface area contributed by atoms with E-state index in [2.05, 4.69) is 0 Å². The van der Waals surface area contributed by atoms with Crippen LogP contribution < -0.4 is 0 Å². The molecule has 0 aromatic heterocycles. The molecule has 2 rings (SSSR count). The van der Waals surface area contributed by atoms with Gasteiger partial charge in [0.1, 0.15) is 0 Å². The molecule has 0 spiro atoms. The second-order valence-corrected chi connectivity index (χ2v) is 4.56. The van der Waals surface area contributed by atoms with Crippen LogP contribution in [0.1, 0.15) is 12.5 Å². The number of hydrogen-bond donors (Lipinski definition) is 0. The van der Waals surface area contributed by atoms with Crippen molar-refractivity contribution in [2.24, 2.45) is 0 Å². The van der Waals surface area contributed by atoms with Crippen molar-refractivity contribution < 1.29 is 19.0 Å². The highest BCUT2D eigenvalue weighted by atomic mass is 16.8. The maximum atomic E-state index is 12.0. The molecule has 0 N–H and O–H groups in total. The summed E-state index contributed by atoms with van der Waals surface area (Å²) in [5.74, 6) is -0.475. The van der Waals surface area contributed by atoms with Gasteiger partial charge in [-0.1, -0.05) is 42.5 Å². The van der Waals surface area contributed by atoms with Crippen molar-refractivity contribution in [1.29, 1.82) is 0 Å². The average Bonchev–Trinajstić information content (AvgIpc) is 2.52. The van der Waals surface area contributed by atoms with Gasteiger partial charge < -0.3 is 14.2 Å². The summed E-state index contributed by atoms with van der Waals surface area (Å²) in [6, 6.07) is 14.0. The first kappa shape index (κ1) is 15.2. The predicted molar refractivity (Wildman–Crippen MR) is 81.5 cm³/mol. The van der Waals surface area contributed by atoms with E-state index in [1.54, 1.807) is 13.0 Å². The lowest BCUT2D eigenvalue weighted by atomic mass is 10.0. The number of rotatable bonds is 5. The summed E-state index contributed by atoms with van der Waals surface area (Å²) in [6.07, 6.45) is 1.80. The number of carbonyl (C=O) groups is 1. The van der Waals surface area contributed by atoms with E-state index in [0.717, 1.165) is 16.3 Å². The Labute approximate surface area is 123 Å². The number of carbonyl (C=O) groups excluding carboxylic acids is 1. The van der Waals surface area contributed by atoms with Crippen molar-refractivity contribution in [3.05, 3.63) is 53.6 Å². The first-order valence-electron chi connectivity index (χ1n) is 6.58. The zero-order valence-electron chi connectivity index (χ0n) is 12.3. The number of ether oxygens (including phenoxy) is 3. The molecular weight excluding hydrogens is 268 g/mol. The molecule has 0 aliphatic heterocycles. The van der Waals surface area contributed by atoms with Crippen LogP contribution in [0.15, 0.2) is 48.0 Å². The lowest BCUT2D eigenvalue weighted by Gasteiger charge is -2.13. The minimum atomic E-state index is -0.992. The highest BCUT2D eigenvalue weighted by Crippen LogP contribution is 2.21. The third kappa shape index (κ3) is 3.68. The van der Waals surface area contributed by atoms with Gasteiger partial charge in [0.2, 0.25) is 0 Å². The van der Waals surface area contributed by atoms with Gasteiger partial charge >= 0.3 is 12.4 Å². The Bertz CT molecular complexity index is 651. The second kappa shape index (κ2) is 7.02. The summed E-state index contributed by atoms with van der Waals surface area (Å²) in [4.78, 5) is 12.0. The van der Waals surface area contributed by atoms with Crippen LogP contribution in [-0.2, 0) is 19.0 Å². The van der Waals surface area contributed by atoms with Crippen LogP contribution in [0.5, 0.6) is 0 Å². The standard InChI is InChI=1S/C17H18O4/c1-12(16(18)21-17(19-2)20-3)11-14-9-6-8-13-7-4-5-10-15(13)14/h4-11,17H,1-3H3. The molecule has 110 valence electrons. The van der Waals surface area contributed by atoms with E-state index in [1.165, 1.54) is 14.2 Å². The van der Waals surface area contributed by atoms with Gasteiger partial charge in [-0.3, -0.25) is 0 Å². The molecule has 0 fully saturated rings. The number of esters is 1. The van der Waals surface area contributed by atoms with E-state index >= 15 is 0 Å². The Kier molecular flexibility index (Phi) is 5.09.